The molecule has 0 amide bonds. The van der Waals surface area contributed by atoms with E-state index in [1.54, 1.807) is 0 Å². The number of halogens is 1. The zero-order chi connectivity index (χ0) is 7.82. The molecule has 1 rings (SSSR count). The molecule has 0 bridgehead atoms. The highest BCUT2D eigenvalue weighted by molar-refractivity contribution is 7.59. The highest BCUT2D eigenvalue weighted by Gasteiger charge is 2.12. The van der Waals surface area contributed by atoms with Gasteiger partial charge in [-0.05, 0) is 12.3 Å². The van der Waals surface area contributed by atoms with Crippen molar-refractivity contribution in [3.05, 3.63) is 0 Å². The molecule has 1 saturated carbocycles. The Morgan fingerprint density at radius 1 is 1.27 bits per heavy atom. The van der Waals surface area contributed by atoms with E-state index in [1.165, 1.54) is 32.1 Å². The van der Waals surface area contributed by atoms with E-state index in [1.807, 2.05) is 0 Å². The Bertz CT molecular complexity index is 58.6. The monoisotopic (exact) mass is 196 g/mol. The molecule has 70 valence electrons. The summed E-state index contributed by atoms with van der Waals surface area (Å²) in [5, 5.41) is 0. The van der Waals surface area contributed by atoms with Crippen LogP contribution in [0.2, 0.25) is 0 Å². The van der Waals surface area contributed by atoms with Crippen molar-refractivity contribution in [1.82, 2.24) is 0 Å². The van der Waals surface area contributed by atoms with Crippen LogP contribution in [-0.2, 0) is 0 Å². The third kappa shape index (κ3) is 18.0. The molecule has 1 fully saturated rings. The van der Waals surface area contributed by atoms with Crippen molar-refractivity contribution in [2.24, 2.45) is 5.92 Å². The Morgan fingerprint density at radius 2 is 1.73 bits per heavy atom. The van der Waals surface area contributed by atoms with Crippen LogP contribution >= 0.6 is 25.1 Å². The second kappa shape index (κ2) is 10.6. The lowest BCUT2D eigenvalue weighted by Crippen LogP contribution is -1.70. The predicted molar refractivity (Wildman–Crippen MR) is 59.0 cm³/mol. The summed E-state index contributed by atoms with van der Waals surface area (Å²) in [6.07, 6.45) is 6.70. The lowest BCUT2D eigenvalue weighted by Gasteiger charge is -1.84. The molecule has 0 radical (unpaired) electrons. The minimum Gasteiger partial charge on any atom is -0.197 e. The van der Waals surface area contributed by atoms with Gasteiger partial charge in [0.15, 0.2) is 0 Å². The average Bonchev–Trinajstić information content (AvgIpc) is 2.69. The Hall–Kier alpha value is 0.640. The highest BCUT2D eigenvalue weighted by atomic mass is 35.5. The van der Waals surface area contributed by atoms with Gasteiger partial charge in [0.2, 0.25) is 0 Å². The molecule has 1 aliphatic carbocycles. The second-order valence-electron chi connectivity index (χ2n) is 3.08. The molecule has 0 heterocycles. The van der Waals surface area contributed by atoms with Gasteiger partial charge in [-0.25, -0.2) is 0 Å². The third-order valence-electron chi connectivity index (χ3n) is 1.60. The molecule has 1 aliphatic rings. The summed E-state index contributed by atoms with van der Waals surface area (Å²) >= 11 is 5.38. The van der Waals surface area contributed by atoms with E-state index < -0.39 is 0 Å². The topological polar surface area (TPSA) is 0 Å². The molecule has 0 atom stereocenters. The normalized spacial score (nSPS) is 14.5. The van der Waals surface area contributed by atoms with Crippen LogP contribution in [0.1, 0.15) is 46.0 Å². The molecule has 0 aliphatic heterocycles. The molecular weight excluding hydrogens is 176 g/mol. The summed E-state index contributed by atoms with van der Waals surface area (Å²) in [5.41, 5.74) is 0. The number of hydrogen-bond donors (Lipinski definition) is 0. The zero-order valence-electron chi connectivity index (χ0n) is 7.70. The van der Waals surface area contributed by atoms with Gasteiger partial charge in [0.25, 0.3) is 0 Å². The van der Waals surface area contributed by atoms with Crippen molar-refractivity contribution in [3.8, 4) is 0 Å². The summed E-state index contributed by atoms with van der Waals surface area (Å²) in [7, 11) is 0. The lowest BCUT2D eigenvalue weighted by atomic mass is 10.3. The van der Waals surface area contributed by atoms with Crippen molar-refractivity contribution < 1.29 is 0 Å². The second-order valence-corrected chi connectivity index (χ2v) is 3.46. The highest BCUT2D eigenvalue weighted by Crippen LogP contribution is 2.26. The molecule has 2 heteroatoms. The van der Waals surface area contributed by atoms with Gasteiger partial charge in [0.1, 0.15) is 0 Å². The molecule has 11 heavy (non-hydrogen) atoms. The van der Waals surface area contributed by atoms with Crippen molar-refractivity contribution in [2.75, 3.05) is 5.88 Å². The van der Waals surface area contributed by atoms with Crippen LogP contribution in [0.3, 0.4) is 0 Å². The molecule has 0 aromatic rings. The Labute approximate surface area is 83.2 Å². The summed E-state index contributed by atoms with van der Waals surface area (Å²) in [4.78, 5) is 0. The Balaban J connectivity index is 0. The van der Waals surface area contributed by atoms with E-state index in [-0.39, 0.29) is 13.5 Å². The number of hydrogen-bond acceptors (Lipinski definition) is 0. The van der Waals surface area contributed by atoms with Gasteiger partial charge < -0.3 is 0 Å². The van der Waals surface area contributed by atoms with Crippen molar-refractivity contribution in [2.45, 2.75) is 46.0 Å². The summed E-state index contributed by atoms with van der Waals surface area (Å²) in [5.74, 6) is 1.91. The number of rotatable bonds is 3. The third-order valence-corrected chi connectivity index (χ3v) is 1.87. The van der Waals surface area contributed by atoms with Crippen LogP contribution in [0.15, 0.2) is 0 Å². The first-order valence-electron chi connectivity index (χ1n) is 4.37. The SMILES string of the molecule is CC1CC1.CCCCCCl.S. The molecular formula is C9H21ClS. The van der Waals surface area contributed by atoms with E-state index >= 15 is 0 Å². The van der Waals surface area contributed by atoms with E-state index in [9.17, 15) is 0 Å². The average molecular weight is 197 g/mol. The van der Waals surface area contributed by atoms with Crippen LogP contribution < -0.4 is 0 Å². The van der Waals surface area contributed by atoms with Gasteiger partial charge in [-0.2, -0.15) is 13.5 Å². The molecule has 0 aromatic carbocycles. The van der Waals surface area contributed by atoms with Gasteiger partial charge in [0.05, 0.1) is 0 Å². The molecule has 0 unspecified atom stereocenters. The Morgan fingerprint density at radius 3 is 1.82 bits per heavy atom. The standard InChI is InChI=1S/C5H11Cl.C4H8.H2S/c1-2-3-4-5-6;1-4-2-3-4;/h2-5H2,1H3;4H,2-3H2,1H3;1H2. The summed E-state index contributed by atoms with van der Waals surface area (Å²) in [6, 6.07) is 0. The van der Waals surface area contributed by atoms with Crippen LogP contribution in [-0.4, -0.2) is 5.88 Å². The van der Waals surface area contributed by atoms with Crippen LogP contribution in [0, 0.1) is 5.92 Å². The zero-order valence-corrected chi connectivity index (χ0v) is 9.45. The van der Waals surface area contributed by atoms with Crippen molar-refractivity contribution in [3.63, 3.8) is 0 Å². The smallest absolute Gasteiger partial charge is 0.0223 e. The maximum atomic E-state index is 5.38. The van der Waals surface area contributed by atoms with Gasteiger partial charge in [0, 0.05) is 5.88 Å². The fraction of sp³-hybridized carbons (Fsp3) is 1.00. The quantitative estimate of drug-likeness (QED) is 0.474. The molecule has 0 saturated heterocycles. The van der Waals surface area contributed by atoms with Crippen LogP contribution in [0.25, 0.3) is 0 Å². The van der Waals surface area contributed by atoms with Crippen molar-refractivity contribution >= 4 is 25.1 Å². The maximum absolute atomic E-state index is 5.38. The first kappa shape index (κ1) is 14.2. The van der Waals surface area contributed by atoms with E-state index in [0.717, 1.165) is 11.8 Å². The number of alkyl halides is 1. The largest absolute Gasteiger partial charge is 0.197 e. The summed E-state index contributed by atoms with van der Waals surface area (Å²) < 4.78 is 0. The maximum Gasteiger partial charge on any atom is 0.0223 e. The number of unbranched alkanes of at least 4 members (excludes halogenated alkanes) is 2. The lowest BCUT2D eigenvalue weighted by molar-refractivity contribution is 0.776. The minimum atomic E-state index is 0. The molecule has 0 aromatic heterocycles. The van der Waals surface area contributed by atoms with Gasteiger partial charge in [-0.15, -0.1) is 11.6 Å². The Kier molecular flexibility index (Phi) is 13.7. The van der Waals surface area contributed by atoms with E-state index in [2.05, 4.69) is 13.8 Å². The van der Waals surface area contributed by atoms with Gasteiger partial charge in [-0.1, -0.05) is 39.5 Å². The fourth-order valence-corrected chi connectivity index (χ4v) is 0.700. The molecule has 0 spiro atoms. The van der Waals surface area contributed by atoms with Gasteiger partial charge >= 0.3 is 0 Å². The van der Waals surface area contributed by atoms with Crippen molar-refractivity contribution in [1.29, 1.82) is 0 Å². The first-order chi connectivity index (χ1) is 4.81. The van der Waals surface area contributed by atoms with E-state index in [4.69, 9.17) is 11.6 Å². The van der Waals surface area contributed by atoms with Crippen LogP contribution in [0.5, 0.6) is 0 Å². The van der Waals surface area contributed by atoms with Gasteiger partial charge in [-0.3, -0.25) is 0 Å². The van der Waals surface area contributed by atoms with E-state index in [0.29, 0.717) is 0 Å². The summed E-state index contributed by atoms with van der Waals surface area (Å²) in [6.45, 7) is 4.45. The molecule has 0 N–H and O–H groups in total. The predicted octanol–water partition coefficient (Wildman–Crippen LogP) is 3.94. The van der Waals surface area contributed by atoms with Crippen LogP contribution in [0.4, 0.5) is 0 Å². The fourth-order valence-electron chi connectivity index (χ4n) is 0.511. The molecule has 0 nitrogen and oxygen atoms in total. The first-order valence-corrected chi connectivity index (χ1v) is 4.90. The minimum absolute atomic E-state index is 0.